The molecule has 2 N–H and O–H groups in total. The van der Waals surface area contributed by atoms with E-state index in [9.17, 15) is 9.90 Å². The van der Waals surface area contributed by atoms with E-state index in [0.717, 1.165) is 18.5 Å². The third kappa shape index (κ3) is 4.67. The molecule has 1 aliphatic rings. The molecular weight excluding hydrogens is 354 g/mol. The van der Waals surface area contributed by atoms with E-state index in [2.05, 4.69) is 15.3 Å². The summed E-state index contributed by atoms with van der Waals surface area (Å²) in [6, 6.07) is 9.50. The number of rotatable bonds is 6. The van der Waals surface area contributed by atoms with Gasteiger partial charge >= 0.3 is 5.97 Å². The Balaban J connectivity index is 1.97. The lowest BCUT2D eigenvalue weighted by molar-refractivity contribution is 0.0692. The molecule has 0 amide bonds. The minimum atomic E-state index is -0.996. The van der Waals surface area contributed by atoms with Gasteiger partial charge in [0.1, 0.15) is 10.6 Å². The molecule has 25 heavy (non-hydrogen) atoms. The SMILES string of the molecule is CSc1nc(Nc2ccccc2)c(C(=O)O)c(SC2CCCCC2)n1. The van der Waals surface area contributed by atoms with Crippen LogP contribution in [0.2, 0.25) is 0 Å². The monoisotopic (exact) mass is 375 g/mol. The number of para-hydroxylation sites is 1. The second-order valence-electron chi connectivity index (χ2n) is 5.91. The summed E-state index contributed by atoms with van der Waals surface area (Å²) in [6.07, 6.45) is 7.81. The highest BCUT2D eigenvalue weighted by molar-refractivity contribution is 8.00. The predicted molar refractivity (Wildman–Crippen MR) is 103 cm³/mol. The molecule has 0 bridgehead atoms. The van der Waals surface area contributed by atoms with E-state index in [-0.39, 0.29) is 5.56 Å². The molecular formula is C18H21N3O2S2. The number of carboxylic acids is 1. The fraction of sp³-hybridized carbons (Fsp3) is 0.389. The third-order valence-electron chi connectivity index (χ3n) is 4.12. The number of hydrogen-bond donors (Lipinski definition) is 2. The van der Waals surface area contributed by atoms with Crippen LogP contribution in [0.5, 0.6) is 0 Å². The first-order valence-electron chi connectivity index (χ1n) is 8.35. The van der Waals surface area contributed by atoms with Crippen LogP contribution in [0.25, 0.3) is 0 Å². The summed E-state index contributed by atoms with van der Waals surface area (Å²) in [5.41, 5.74) is 0.974. The van der Waals surface area contributed by atoms with Gasteiger partial charge in [0.25, 0.3) is 0 Å². The number of anilines is 2. The molecule has 0 atom stereocenters. The molecule has 1 aromatic carbocycles. The summed E-state index contributed by atoms with van der Waals surface area (Å²) in [5, 5.41) is 14.5. The van der Waals surface area contributed by atoms with E-state index in [1.165, 1.54) is 31.0 Å². The molecule has 0 aliphatic heterocycles. The van der Waals surface area contributed by atoms with Gasteiger partial charge < -0.3 is 10.4 Å². The van der Waals surface area contributed by atoms with E-state index in [1.54, 1.807) is 11.8 Å². The van der Waals surface area contributed by atoms with E-state index in [0.29, 0.717) is 21.3 Å². The van der Waals surface area contributed by atoms with Gasteiger partial charge in [0, 0.05) is 10.9 Å². The highest BCUT2D eigenvalue weighted by Crippen LogP contribution is 2.37. The second-order valence-corrected chi connectivity index (χ2v) is 7.98. The Morgan fingerprint density at radius 1 is 1.16 bits per heavy atom. The van der Waals surface area contributed by atoms with Crippen molar-refractivity contribution < 1.29 is 9.90 Å². The summed E-state index contributed by atoms with van der Waals surface area (Å²) in [5.74, 6) is -0.638. The predicted octanol–water partition coefficient (Wildman–Crippen LogP) is 5.07. The lowest BCUT2D eigenvalue weighted by atomic mass is 10.0. The first-order valence-corrected chi connectivity index (χ1v) is 10.5. The van der Waals surface area contributed by atoms with Crippen molar-refractivity contribution in [2.24, 2.45) is 0 Å². The average Bonchev–Trinajstić information content (AvgIpc) is 2.63. The van der Waals surface area contributed by atoms with Crippen molar-refractivity contribution in [3.8, 4) is 0 Å². The molecule has 1 aliphatic carbocycles. The normalized spacial score (nSPS) is 15.1. The van der Waals surface area contributed by atoms with Crippen LogP contribution in [0.1, 0.15) is 42.5 Å². The number of hydrogen-bond acceptors (Lipinski definition) is 6. The second kappa shape index (κ2) is 8.58. The van der Waals surface area contributed by atoms with Gasteiger partial charge in [-0.15, -0.1) is 11.8 Å². The Kier molecular flexibility index (Phi) is 6.20. The zero-order valence-electron chi connectivity index (χ0n) is 14.1. The zero-order chi connectivity index (χ0) is 17.6. The lowest BCUT2D eigenvalue weighted by Crippen LogP contribution is -2.13. The molecule has 5 nitrogen and oxygen atoms in total. The van der Waals surface area contributed by atoms with E-state index in [1.807, 2.05) is 36.6 Å². The van der Waals surface area contributed by atoms with Crippen LogP contribution < -0.4 is 5.32 Å². The number of carboxylic acid groups (broad SMARTS) is 1. The van der Waals surface area contributed by atoms with Crippen molar-refractivity contribution in [3.05, 3.63) is 35.9 Å². The molecule has 0 saturated heterocycles. The van der Waals surface area contributed by atoms with Crippen molar-refractivity contribution in [3.63, 3.8) is 0 Å². The Bertz CT molecular complexity index is 735. The highest BCUT2D eigenvalue weighted by Gasteiger charge is 2.24. The average molecular weight is 376 g/mol. The van der Waals surface area contributed by atoms with E-state index >= 15 is 0 Å². The van der Waals surface area contributed by atoms with Crippen LogP contribution in [-0.4, -0.2) is 32.5 Å². The first kappa shape index (κ1) is 18.1. The summed E-state index contributed by atoms with van der Waals surface area (Å²) < 4.78 is 0. The van der Waals surface area contributed by atoms with Gasteiger partial charge in [-0.05, 0) is 31.2 Å². The van der Waals surface area contributed by atoms with Crippen molar-refractivity contribution >= 4 is 41.0 Å². The zero-order valence-corrected chi connectivity index (χ0v) is 15.7. The first-order chi connectivity index (χ1) is 12.2. The van der Waals surface area contributed by atoms with Crippen molar-refractivity contribution in [1.29, 1.82) is 0 Å². The third-order valence-corrected chi connectivity index (χ3v) is 5.99. The minimum Gasteiger partial charge on any atom is -0.477 e. The molecule has 1 saturated carbocycles. The minimum absolute atomic E-state index is 0.164. The van der Waals surface area contributed by atoms with Gasteiger partial charge in [0.05, 0.1) is 0 Å². The lowest BCUT2D eigenvalue weighted by Gasteiger charge is -2.22. The maximum absolute atomic E-state index is 11.9. The molecule has 0 unspecified atom stereocenters. The Morgan fingerprint density at radius 2 is 1.88 bits per heavy atom. The molecule has 7 heteroatoms. The molecule has 1 heterocycles. The highest BCUT2D eigenvalue weighted by atomic mass is 32.2. The van der Waals surface area contributed by atoms with Gasteiger partial charge in [0.2, 0.25) is 0 Å². The molecule has 0 spiro atoms. The van der Waals surface area contributed by atoms with Crippen molar-refractivity contribution in [1.82, 2.24) is 9.97 Å². The largest absolute Gasteiger partial charge is 0.477 e. The fourth-order valence-corrected chi connectivity index (χ4v) is 4.63. The Morgan fingerprint density at radius 3 is 2.52 bits per heavy atom. The Labute approximate surface area is 156 Å². The summed E-state index contributed by atoms with van der Waals surface area (Å²) in [7, 11) is 0. The quantitative estimate of drug-likeness (QED) is 0.415. The molecule has 2 aromatic rings. The summed E-state index contributed by atoms with van der Waals surface area (Å²) >= 11 is 3.01. The summed E-state index contributed by atoms with van der Waals surface area (Å²) in [6.45, 7) is 0. The van der Waals surface area contributed by atoms with Crippen LogP contribution in [-0.2, 0) is 0 Å². The van der Waals surface area contributed by atoms with Crippen LogP contribution >= 0.6 is 23.5 Å². The van der Waals surface area contributed by atoms with Crippen molar-refractivity contribution in [2.45, 2.75) is 47.5 Å². The molecule has 1 aromatic heterocycles. The van der Waals surface area contributed by atoms with Gasteiger partial charge in [-0.2, -0.15) is 0 Å². The van der Waals surface area contributed by atoms with Gasteiger partial charge in [-0.1, -0.05) is 49.2 Å². The topological polar surface area (TPSA) is 75.1 Å². The fourth-order valence-electron chi connectivity index (χ4n) is 2.88. The van der Waals surface area contributed by atoms with E-state index < -0.39 is 5.97 Å². The van der Waals surface area contributed by atoms with Crippen LogP contribution in [0.3, 0.4) is 0 Å². The maximum atomic E-state index is 11.9. The summed E-state index contributed by atoms with van der Waals surface area (Å²) in [4.78, 5) is 20.8. The van der Waals surface area contributed by atoms with Crippen LogP contribution in [0.15, 0.2) is 40.5 Å². The number of carbonyl (C=O) groups is 1. The standard InChI is InChI=1S/C18H21N3O2S2/c1-24-18-20-15(19-12-8-4-2-5-9-12)14(17(22)23)16(21-18)25-13-10-6-3-7-11-13/h2,4-5,8-9,13H,3,6-7,10-11H2,1H3,(H,22,23)(H,19,20,21). The number of nitrogens with zero attached hydrogens (tertiary/aromatic N) is 2. The number of aromatic nitrogens is 2. The smallest absolute Gasteiger partial charge is 0.342 e. The van der Waals surface area contributed by atoms with Gasteiger partial charge in [-0.3, -0.25) is 0 Å². The number of aromatic carboxylic acids is 1. The number of benzene rings is 1. The molecule has 132 valence electrons. The van der Waals surface area contributed by atoms with E-state index in [4.69, 9.17) is 0 Å². The number of nitrogens with one attached hydrogen (secondary N) is 1. The van der Waals surface area contributed by atoms with Crippen LogP contribution in [0, 0.1) is 0 Å². The molecule has 3 rings (SSSR count). The Hall–Kier alpha value is -1.73. The van der Waals surface area contributed by atoms with Gasteiger partial charge in [0.15, 0.2) is 11.0 Å². The van der Waals surface area contributed by atoms with Gasteiger partial charge in [-0.25, -0.2) is 14.8 Å². The molecule has 0 radical (unpaired) electrons. The number of thioether (sulfide) groups is 2. The van der Waals surface area contributed by atoms with Crippen LogP contribution in [0.4, 0.5) is 11.5 Å². The van der Waals surface area contributed by atoms with Crippen molar-refractivity contribution in [2.75, 3.05) is 11.6 Å². The molecule has 1 fully saturated rings. The maximum Gasteiger partial charge on any atom is 0.342 e.